The van der Waals surface area contributed by atoms with Crippen molar-refractivity contribution in [1.82, 2.24) is 4.57 Å². The van der Waals surface area contributed by atoms with Crippen LogP contribution in [0.25, 0.3) is 10.9 Å². The van der Waals surface area contributed by atoms with Crippen LogP contribution in [0.15, 0.2) is 40.6 Å². The molecule has 134 valence electrons. The van der Waals surface area contributed by atoms with E-state index in [1.54, 1.807) is 11.8 Å². The number of nitrogens with zero attached hydrogens (tertiary/aromatic N) is 3. The summed E-state index contributed by atoms with van der Waals surface area (Å²) < 4.78 is 29.7. The molecule has 0 unspecified atom stereocenters. The number of aromatic nitrogens is 1. The first-order valence-electron chi connectivity index (χ1n) is 8.23. The van der Waals surface area contributed by atoms with Crippen molar-refractivity contribution in [1.29, 1.82) is 0 Å². The van der Waals surface area contributed by atoms with Gasteiger partial charge in [-0.3, -0.25) is 0 Å². The van der Waals surface area contributed by atoms with Crippen LogP contribution < -0.4 is 0 Å². The zero-order valence-corrected chi connectivity index (χ0v) is 15.1. The number of aromatic hydroxyl groups is 1. The largest absolute Gasteiger partial charge is 0.493 e. The molecule has 1 fully saturated rings. The lowest BCUT2D eigenvalue weighted by Crippen LogP contribution is -2.22. The summed E-state index contributed by atoms with van der Waals surface area (Å²) in [6.45, 7) is 3.91. The molecule has 0 bridgehead atoms. The number of fused-ring (bicyclic) bond motifs is 1. The maximum Gasteiger partial charge on any atom is 0.221 e. The van der Waals surface area contributed by atoms with Crippen molar-refractivity contribution in [3.63, 3.8) is 0 Å². The van der Waals surface area contributed by atoms with Crippen molar-refractivity contribution < 1.29 is 13.9 Å². The second-order valence-corrected chi connectivity index (χ2v) is 7.64. The monoisotopic (exact) mass is 373 g/mol. The molecule has 1 aliphatic heterocycles. The fourth-order valence-corrected chi connectivity index (χ4v) is 4.02. The highest BCUT2D eigenvalue weighted by atomic mass is 32.2. The topological polar surface area (TPSA) is 49.9 Å². The van der Waals surface area contributed by atoms with Gasteiger partial charge in [-0.15, -0.1) is 5.11 Å². The van der Waals surface area contributed by atoms with Crippen molar-refractivity contribution in [2.75, 3.05) is 11.5 Å². The number of hydrogen-bond donors (Lipinski definition) is 1. The number of benzene rings is 2. The molecule has 2 heterocycles. The Labute approximate surface area is 153 Å². The van der Waals surface area contributed by atoms with Crippen LogP contribution in [0, 0.1) is 25.5 Å². The minimum Gasteiger partial charge on any atom is -0.493 e. The molecule has 26 heavy (non-hydrogen) atoms. The molecule has 0 spiro atoms. The Bertz CT molecular complexity index is 1020. The van der Waals surface area contributed by atoms with Crippen molar-refractivity contribution in [3.05, 3.63) is 53.1 Å². The van der Waals surface area contributed by atoms with Crippen LogP contribution in [0.2, 0.25) is 0 Å². The molecule has 1 saturated heterocycles. The average molecular weight is 373 g/mol. The van der Waals surface area contributed by atoms with Gasteiger partial charge in [-0.25, -0.2) is 8.78 Å². The van der Waals surface area contributed by atoms with Crippen molar-refractivity contribution in [2.45, 2.75) is 19.9 Å². The van der Waals surface area contributed by atoms with Gasteiger partial charge < -0.3 is 9.67 Å². The normalized spacial score (nSPS) is 15.1. The first-order chi connectivity index (χ1) is 12.4. The lowest BCUT2D eigenvalue weighted by molar-refractivity contribution is 0.404. The molecule has 2 aromatic carbocycles. The van der Waals surface area contributed by atoms with E-state index in [-0.39, 0.29) is 28.5 Å². The highest BCUT2D eigenvalue weighted by Gasteiger charge is 2.29. The Morgan fingerprint density at radius 2 is 1.73 bits per heavy atom. The SMILES string of the molecule is Cc1cc(C)cc(N=Nc2c(O)n(C3CSC3)c3c(F)cc(F)cc23)c1. The second kappa shape index (κ2) is 6.39. The summed E-state index contributed by atoms with van der Waals surface area (Å²) in [5.41, 5.74) is 2.96. The molecule has 0 saturated carbocycles. The molecule has 0 amide bonds. The summed E-state index contributed by atoms with van der Waals surface area (Å²) in [7, 11) is 0. The molecule has 3 aromatic rings. The fourth-order valence-electron chi connectivity index (χ4n) is 3.27. The van der Waals surface area contributed by atoms with Gasteiger partial charge in [0, 0.05) is 23.0 Å². The minimum absolute atomic E-state index is 0.0346. The lowest BCUT2D eigenvalue weighted by atomic mass is 10.1. The van der Waals surface area contributed by atoms with E-state index in [4.69, 9.17) is 0 Å². The predicted octanol–water partition coefficient (Wildman–Crippen LogP) is 5.95. The zero-order chi connectivity index (χ0) is 18.4. The van der Waals surface area contributed by atoms with Crippen molar-refractivity contribution in [2.24, 2.45) is 10.2 Å². The Balaban J connectivity index is 1.89. The molecule has 1 aliphatic rings. The smallest absolute Gasteiger partial charge is 0.221 e. The van der Waals surface area contributed by atoms with Gasteiger partial charge in [-0.1, -0.05) is 6.07 Å². The van der Waals surface area contributed by atoms with E-state index in [0.717, 1.165) is 28.7 Å². The predicted molar refractivity (Wildman–Crippen MR) is 100.0 cm³/mol. The maximum absolute atomic E-state index is 14.4. The number of hydrogen-bond acceptors (Lipinski definition) is 4. The molecule has 7 heteroatoms. The molecule has 1 aromatic heterocycles. The van der Waals surface area contributed by atoms with Crippen LogP contribution in [-0.2, 0) is 0 Å². The summed E-state index contributed by atoms with van der Waals surface area (Å²) >= 11 is 1.71. The first kappa shape index (κ1) is 17.0. The highest BCUT2D eigenvalue weighted by molar-refractivity contribution is 8.00. The highest BCUT2D eigenvalue weighted by Crippen LogP contribution is 2.46. The number of halogens is 2. The molecular formula is C19H17F2N3OS. The van der Waals surface area contributed by atoms with E-state index < -0.39 is 11.6 Å². The quantitative estimate of drug-likeness (QED) is 0.577. The average Bonchev–Trinajstić information content (AvgIpc) is 2.75. The summed E-state index contributed by atoms with van der Waals surface area (Å²) in [4.78, 5) is 0. The molecular weight excluding hydrogens is 356 g/mol. The van der Waals surface area contributed by atoms with E-state index in [9.17, 15) is 13.9 Å². The molecule has 0 aliphatic carbocycles. The second-order valence-electron chi connectivity index (χ2n) is 6.56. The summed E-state index contributed by atoms with van der Waals surface area (Å²) in [5.74, 6) is -0.0650. The van der Waals surface area contributed by atoms with E-state index in [0.29, 0.717) is 5.69 Å². The van der Waals surface area contributed by atoms with Gasteiger partial charge in [0.25, 0.3) is 0 Å². The Morgan fingerprint density at radius 1 is 1.04 bits per heavy atom. The maximum atomic E-state index is 14.4. The van der Waals surface area contributed by atoms with E-state index >= 15 is 0 Å². The third-order valence-electron chi connectivity index (χ3n) is 4.42. The van der Waals surface area contributed by atoms with Gasteiger partial charge in [0.15, 0.2) is 11.5 Å². The Morgan fingerprint density at radius 3 is 2.35 bits per heavy atom. The molecule has 0 atom stereocenters. The first-order valence-corrected chi connectivity index (χ1v) is 9.39. The summed E-state index contributed by atoms with van der Waals surface area (Å²) in [5, 5.41) is 19.2. The van der Waals surface area contributed by atoms with Crippen LogP contribution in [-0.4, -0.2) is 21.2 Å². The van der Waals surface area contributed by atoms with Crippen molar-refractivity contribution in [3.8, 4) is 5.88 Å². The molecule has 4 nitrogen and oxygen atoms in total. The van der Waals surface area contributed by atoms with E-state index in [1.807, 2.05) is 32.0 Å². The van der Waals surface area contributed by atoms with Crippen LogP contribution in [0.4, 0.5) is 20.2 Å². The third-order valence-corrected chi connectivity index (χ3v) is 5.66. The van der Waals surface area contributed by atoms with Gasteiger partial charge in [-0.05, 0) is 43.2 Å². The summed E-state index contributed by atoms with van der Waals surface area (Å²) in [6.07, 6.45) is 0. The minimum atomic E-state index is -0.710. The summed E-state index contributed by atoms with van der Waals surface area (Å²) in [6, 6.07) is 7.71. The van der Waals surface area contributed by atoms with Gasteiger partial charge in [0.05, 0.1) is 17.2 Å². The van der Waals surface area contributed by atoms with E-state index in [2.05, 4.69) is 10.2 Å². The fraction of sp³-hybridized carbons (Fsp3) is 0.263. The Kier molecular flexibility index (Phi) is 4.19. The van der Waals surface area contributed by atoms with Gasteiger partial charge in [0.2, 0.25) is 5.88 Å². The van der Waals surface area contributed by atoms with Gasteiger partial charge >= 0.3 is 0 Å². The standard InChI is InChI=1S/C19H17F2N3OS/c1-10-3-11(2)5-13(4-10)22-23-17-15-6-12(20)7-16(21)18(15)24(19(17)25)14-8-26-9-14/h3-7,14,25H,8-9H2,1-2H3. The molecule has 1 N–H and O–H groups in total. The lowest BCUT2D eigenvalue weighted by Gasteiger charge is -2.27. The van der Waals surface area contributed by atoms with Crippen LogP contribution in [0.1, 0.15) is 17.2 Å². The zero-order valence-electron chi connectivity index (χ0n) is 14.3. The van der Waals surface area contributed by atoms with Crippen molar-refractivity contribution >= 4 is 34.0 Å². The van der Waals surface area contributed by atoms with E-state index in [1.165, 1.54) is 10.6 Å². The third kappa shape index (κ3) is 2.86. The van der Waals surface area contributed by atoms with Crippen LogP contribution >= 0.6 is 11.8 Å². The van der Waals surface area contributed by atoms with Gasteiger partial charge in [-0.2, -0.15) is 16.9 Å². The number of azo groups is 1. The number of rotatable bonds is 3. The van der Waals surface area contributed by atoms with Gasteiger partial charge in [0.1, 0.15) is 5.82 Å². The molecule has 4 rings (SSSR count). The van der Waals surface area contributed by atoms with Crippen LogP contribution in [0.3, 0.4) is 0 Å². The number of aryl methyl sites for hydroxylation is 2. The number of thioether (sulfide) groups is 1. The molecule has 0 radical (unpaired) electrons. The van der Waals surface area contributed by atoms with Crippen LogP contribution in [0.5, 0.6) is 5.88 Å². The Hall–Kier alpha value is -2.41.